The lowest BCUT2D eigenvalue weighted by atomic mass is 10.0. The molecule has 1 unspecified atom stereocenters. The van der Waals surface area contributed by atoms with Crippen molar-refractivity contribution in [1.82, 2.24) is 10.4 Å². The molecule has 0 amide bonds. The summed E-state index contributed by atoms with van der Waals surface area (Å²) in [7, 11) is 0. The molecule has 0 aromatic heterocycles. The van der Waals surface area contributed by atoms with Crippen LogP contribution in [0.4, 0.5) is 0 Å². The zero-order valence-corrected chi connectivity index (χ0v) is 8.67. The minimum absolute atomic E-state index is 0.0487. The van der Waals surface area contributed by atoms with Crippen molar-refractivity contribution in [3.63, 3.8) is 0 Å². The Hall–Kier alpha value is -2.23. The molecule has 0 radical (unpaired) electrons. The fraction of sp³-hybridized carbons (Fsp3) is 0.0833. The van der Waals surface area contributed by atoms with Gasteiger partial charge < -0.3 is 5.73 Å². The highest BCUT2D eigenvalue weighted by atomic mass is 15.6. The van der Waals surface area contributed by atoms with Crippen molar-refractivity contribution >= 4 is 11.5 Å². The lowest BCUT2D eigenvalue weighted by Gasteiger charge is -2.25. The number of hydrogen-bond donors (Lipinski definition) is 2. The van der Waals surface area contributed by atoms with Gasteiger partial charge in [-0.05, 0) is 11.6 Å². The quantitative estimate of drug-likeness (QED) is 0.731. The van der Waals surface area contributed by atoms with E-state index in [9.17, 15) is 0 Å². The Morgan fingerprint density at radius 2 is 2.06 bits per heavy atom. The van der Waals surface area contributed by atoms with Crippen molar-refractivity contribution < 1.29 is 0 Å². The maximum absolute atomic E-state index is 5.67. The first-order valence-electron chi connectivity index (χ1n) is 5.17. The van der Waals surface area contributed by atoms with E-state index in [0.29, 0.717) is 5.96 Å². The molecule has 2 aliphatic heterocycles. The van der Waals surface area contributed by atoms with Crippen molar-refractivity contribution in [3.05, 3.63) is 54.2 Å². The summed E-state index contributed by atoms with van der Waals surface area (Å²) in [4.78, 5) is 4.36. The standard InChI is InChI=1S/C12H12N4/c13-12-14-11-10(7-4-8-16(11)15-12)9-5-2-1-3-6-9/h1-8,11H,(H3,13,14,15). The average Bonchev–Trinajstić information content (AvgIpc) is 2.70. The van der Waals surface area contributed by atoms with E-state index >= 15 is 0 Å². The second-order valence-electron chi connectivity index (χ2n) is 3.74. The van der Waals surface area contributed by atoms with Crippen molar-refractivity contribution in [1.29, 1.82) is 0 Å². The van der Waals surface area contributed by atoms with Gasteiger partial charge in [0.2, 0.25) is 5.96 Å². The lowest BCUT2D eigenvalue weighted by molar-refractivity contribution is 0.321. The zero-order chi connectivity index (χ0) is 11.0. The fourth-order valence-corrected chi connectivity index (χ4v) is 1.96. The van der Waals surface area contributed by atoms with E-state index in [1.54, 1.807) is 0 Å². The second-order valence-corrected chi connectivity index (χ2v) is 3.74. The number of nitrogens with zero attached hydrogens (tertiary/aromatic N) is 2. The number of nitrogens with one attached hydrogen (secondary N) is 1. The van der Waals surface area contributed by atoms with Gasteiger partial charge in [0.05, 0.1) is 0 Å². The van der Waals surface area contributed by atoms with Crippen LogP contribution in [-0.4, -0.2) is 17.1 Å². The number of hydrogen-bond acceptors (Lipinski definition) is 4. The van der Waals surface area contributed by atoms with Gasteiger partial charge in [0.25, 0.3) is 0 Å². The lowest BCUT2D eigenvalue weighted by Crippen LogP contribution is -2.40. The van der Waals surface area contributed by atoms with Crippen LogP contribution in [0.3, 0.4) is 0 Å². The van der Waals surface area contributed by atoms with Crippen molar-refractivity contribution in [2.45, 2.75) is 6.17 Å². The third-order valence-corrected chi connectivity index (χ3v) is 2.68. The minimum atomic E-state index is -0.0487. The second kappa shape index (κ2) is 3.41. The highest BCUT2D eigenvalue weighted by Gasteiger charge is 2.27. The van der Waals surface area contributed by atoms with Gasteiger partial charge in [0.15, 0.2) is 6.17 Å². The summed E-state index contributed by atoms with van der Waals surface area (Å²) in [5, 5.41) is 1.90. The van der Waals surface area contributed by atoms with Crippen LogP contribution in [0, 0.1) is 0 Å². The van der Waals surface area contributed by atoms with Gasteiger partial charge in [-0.3, -0.25) is 10.4 Å². The topological polar surface area (TPSA) is 53.6 Å². The smallest absolute Gasteiger partial charge is 0.210 e. The third-order valence-electron chi connectivity index (χ3n) is 2.68. The number of guanidine groups is 1. The van der Waals surface area contributed by atoms with Gasteiger partial charge in [0.1, 0.15) is 0 Å². The van der Waals surface area contributed by atoms with Gasteiger partial charge >= 0.3 is 0 Å². The number of allylic oxidation sites excluding steroid dienone is 2. The molecule has 0 spiro atoms. The van der Waals surface area contributed by atoms with Gasteiger partial charge in [-0.1, -0.05) is 36.4 Å². The van der Waals surface area contributed by atoms with Crippen LogP contribution >= 0.6 is 0 Å². The summed E-state index contributed by atoms with van der Waals surface area (Å²) in [6.45, 7) is 0. The first-order valence-corrected chi connectivity index (χ1v) is 5.17. The van der Waals surface area contributed by atoms with E-state index in [1.165, 1.54) is 5.56 Å². The molecular weight excluding hydrogens is 200 g/mol. The predicted octanol–water partition coefficient (Wildman–Crippen LogP) is 1.06. The minimum Gasteiger partial charge on any atom is -0.368 e. The maximum atomic E-state index is 5.67. The molecule has 80 valence electrons. The molecule has 2 aliphatic rings. The van der Waals surface area contributed by atoms with Crippen LogP contribution < -0.4 is 11.2 Å². The number of rotatable bonds is 1. The molecule has 16 heavy (non-hydrogen) atoms. The zero-order valence-electron chi connectivity index (χ0n) is 8.67. The molecule has 0 fully saturated rings. The van der Waals surface area contributed by atoms with Crippen molar-refractivity contribution in [2.24, 2.45) is 10.7 Å². The normalized spacial score (nSPS) is 22.2. The molecule has 3 N–H and O–H groups in total. The molecule has 1 aromatic carbocycles. The van der Waals surface area contributed by atoms with Crippen molar-refractivity contribution in [2.75, 3.05) is 0 Å². The van der Waals surface area contributed by atoms with E-state index in [2.05, 4.69) is 28.6 Å². The molecule has 3 rings (SSSR count). The molecule has 1 atom stereocenters. The van der Waals surface area contributed by atoms with E-state index in [0.717, 1.165) is 5.57 Å². The third kappa shape index (κ3) is 1.35. The Morgan fingerprint density at radius 3 is 2.88 bits per heavy atom. The van der Waals surface area contributed by atoms with Crippen LogP contribution in [0.5, 0.6) is 0 Å². The number of hydrazine groups is 1. The summed E-state index contributed by atoms with van der Waals surface area (Å²) < 4.78 is 0. The van der Waals surface area contributed by atoms with Gasteiger partial charge in [-0.25, -0.2) is 4.99 Å². The number of fused-ring (bicyclic) bond motifs is 1. The number of benzene rings is 1. The molecule has 2 heterocycles. The monoisotopic (exact) mass is 212 g/mol. The summed E-state index contributed by atoms with van der Waals surface area (Å²) in [6, 6.07) is 10.2. The largest absolute Gasteiger partial charge is 0.368 e. The Labute approximate surface area is 93.7 Å². The Kier molecular flexibility index (Phi) is 1.93. The molecule has 0 aliphatic carbocycles. The Bertz CT molecular complexity index is 487. The predicted molar refractivity (Wildman–Crippen MR) is 63.9 cm³/mol. The van der Waals surface area contributed by atoms with Gasteiger partial charge in [-0.15, -0.1) is 0 Å². The molecule has 4 heteroatoms. The number of nitrogens with two attached hydrogens (primary N) is 1. The van der Waals surface area contributed by atoms with Crippen LogP contribution in [-0.2, 0) is 0 Å². The first-order chi connectivity index (χ1) is 7.84. The van der Waals surface area contributed by atoms with Crippen LogP contribution in [0.2, 0.25) is 0 Å². The number of aliphatic imine (C=N–C) groups is 1. The molecule has 0 saturated heterocycles. The summed E-state index contributed by atoms with van der Waals surface area (Å²) in [5.41, 5.74) is 11.0. The SMILES string of the molecule is NC1=NC2C(c3ccccc3)=CC=CN2N1. The van der Waals surface area contributed by atoms with E-state index in [1.807, 2.05) is 35.5 Å². The van der Waals surface area contributed by atoms with E-state index in [-0.39, 0.29) is 6.17 Å². The molecule has 0 saturated carbocycles. The molecule has 0 bridgehead atoms. The van der Waals surface area contributed by atoms with Crippen LogP contribution in [0.1, 0.15) is 5.56 Å². The highest BCUT2D eigenvalue weighted by molar-refractivity contribution is 5.83. The Balaban J connectivity index is 2.02. The van der Waals surface area contributed by atoms with E-state index in [4.69, 9.17) is 5.73 Å². The molecule has 1 aromatic rings. The van der Waals surface area contributed by atoms with Gasteiger partial charge in [-0.2, -0.15) is 0 Å². The summed E-state index contributed by atoms with van der Waals surface area (Å²) in [6.07, 6.45) is 5.94. The van der Waals surface area contributed by atoms with E-state index < -0.39 is 0 Å². The molecule has 4 nitrogen and oxygen atoms in total. The fourth-order valence-electron chi connectivity index (χ4n) is 1.96. The molecular formula is C12H12N4. The Morgan fingerprint density at radius 1 is 1.25 bits per heavy atom. The highest BCUT2D eigenvalue weighted by Crippen LogP contribution is 2.27. The summed E-state index contributed by atoms with van der Waals surface area (Å²) in [5.74, 6) is 0.457. The van der Waals surface area contributed by atoms with Crippen molar-refractivity contribution in [3.8, 4) is 0 Å². The summed E-state index contributed by atoms with van der Waals surface area (Å²) >= 11 is 0. The maximum Gasteiger partial charge on any atom is 0.210 e. The average molecular weight is 212 g/mol. The van der Waals surface area contributed by atoms with Crippen LogP contribution in [0.15, 0.2) is 53.7 Å². The van der Waals surface area contributed by atoms with Gasteiger partial charge in [0, 0.05) is 11.8 Å². The van der Waals surface area contributed by atoms with Crippen LogP contribution in [0.25, 0.3) is 5.57 Å². The first kappa shape index (κ1) is 9.03.